The van der Waals surface area contributed by atoms with E-state index in [1.807, 2.05) is 60.7 Å². The Morgan fingerprint density at radius 1 is 1.00 bits per heavy atom. The van der Waals surface area contributed by atoms with E-state index in [-0.39, 0.29) is 11.8 Å². The van der Waals surface area contributed by atoms with E-state index in [9.17, 15) is 14.4 Å². The molecule has 7 heteroatoms. The summed E-state index contributed by atoms with van der Waals surface area (Å²) in [5.74, 6) is -0.456. The van der Waals surface area contributed by atoms with Crippen LogP contribution in [0.5, 0.6) is 0 Å². The minimum atomic E-state index is -0.829. The van der Waals surface area contributed by atoms with Gasteiger partial charge in [0.15, 0.2) is 0 Å². The van der Waals surface area contributed by atoms with Gasteiger partial charge in [0.25, 0.3) is 0 Å². The number of nitrogens with one attached hydrogen (secondary N) is 2. The van der Waals surface area contributed by atoms with Gasteiger partial charge in [0, 0.05) is 19.5 Å². The smallest absolute Gasteiger partial charge is 0.408 e. The molecule has 1 aliphatic heterocycles. The maximum Gasteiger partial charge on any atom is 0.408 e. The molecule has 0 aromatic heterocycles. The largest absolute Gasteiger partial charge is 0.444 e. The number of rotatable bonds is 7. The van der Waals surface area contributed by atoms with E-state index in [0.29, 0.717) is 25.9 Å². The lowest BCUT2D eigenvalue weighted by atomic mass is 10.0. The number of alkyl carbamates (subject to hydrolysis) is 1. The average Bonchev–Trinajstić information content (AvgIpc) is 3.27. The highest BCUT2D eigenvalue weighted by molar-refractivity contribution is 5.92. The van der Waals surface area contributed by atoms with Crippen LogP contribution in [0.4, 0.5) is 4.79 Å². The van der Waals surface area contributed by atoms with Crippen molar-refractivity contribution in [2.45, 2.75) is 64.3 Å². The van der Waals surface area contributed by atoms with E-state index >= 15 is 0 Å². The number of amides is 3. The zero-order chi connectivity index (χ0) is 23.8. The molecule has 176 valence electrons. The third kappa shape index (κ3) is 7.34. The van der Waals surface area contributed by atoms with Crippen molar-refractivity contribution in [1.82, 2.24) is 15.5 Å². The summed E-state index contributed by atoms with van der Waals surface area (Å²) in [4.78, 5) is 40.5. The standard InChI is InChI=1S/C26H33N3O4/c1-26(2,3)33-25(32)28-21(17-19-11-6-4-7-12-19)24(31)29-16-10-15-22(29)23(30)27-18-20-13-8-5-9-14-20/h4-9,11-14,21-22H,10,15-18H2,1-3H3,(H,27,30)(H,28,32)/t21-,22-/m1/s1. The molecule has 2 N–H and O–H groups in total. The fourth-order valence-electron chi connectivity index (χ4n) is 3.91. The molecule has 0 aliphatic carbocycles. The summed E-state index contributed by atoms with van der Waals surface area (Å²) in [5.41, 5.74) is 1.23. The molecule has 2 aromatic carbocycles. The van der Waals surface area contributed by atoms with Gasteiger partial charge in [-0.2, -0.15) is 0 Å². The highest BCUT2D eigenvalue weighted by atomic mass is 16.6. The van der Waals surface area contributed by atoms with Gasteiger partial charge in [0.1, 0.15) is 17.7 Å². The van der Waals surface area contributed by atoms with Crippen molar-refractivity contribution in [1.29, 1.82) is 0 Å². The summed E-state index contributed by atoms with van der Waals surface area (Å²) in [6.45, 7) is 6.20. The zero-order valence-corrected chi connectivity index (χ0v) is 19.5. The van der Waals surface area contributed by atoms with E-state index in [2.05, 4.69) is 10.6 Å². The van der Waals surface area contributed by atoms with Crippen molar-refractivity contribution < 1.29 is 19.1 Å². The Kier molecular flexibility index (Phi) is 8.09. The monoisotopic (exact) mass is 451 g/mol. The molecule has 3 rings (SSSR count). The van der Waals surface area contributed by atoms with Gasteiger partial charge in [0.05, 0.1) is 0 Å². The molecular weight excluding hydrogens is 418 g/mol. The second-order valence-electron chi connectivity index (χ2n) is 9.28. The van der Waals surface area contributed by atoms with Gasteiger partial charge in [-0.15, -0.1) is 0 Å². The SMILES string of the molecule is CC(C)(C)OC(=O)N[C@H](Cc1ccccc1)C(=O)N1CCC[C@@H]1C(=O)NCc1ccccc1. The van der Waals surface area contributed by atoms with Crippen LogP contribution >= 0.6 is 0 Å². The second-order valence-corrected chi connectivity index (χ2v) is 9.28. The molecule has 1 fully saturated rings. The Morgan fingerprint density at radius 3 is 2.21 bits per heavy atom. The Hall–Kier alpha value is -3.35. The van der Waals surface area contributed by atoms with Crippen LogP contribution in [0.25, 0.3) is 0 Å². The molecule has 33 heavy (non-hydrogen) atoms. The summed E-state index contributed by atoms with van der Waals surface area (Å²) in [7, 11) is 0. The fourth-order valence-corrected chi connectivity index (χ4v) is 3.91. The number of hydrogen-bond acceptors (Lipinski definition) is 4. The molecule has 0 unspecified atom stereocenters. The third-order valence-corrected chi connectivity index (χ3v) is 5.42. The topological polar surface area (TPSA) is 87.7 Å². The first-order valence-electron chi connectivity index (χ1n) is 11.4. The van der Waals surface area contributed by atoms with Crippen molar-refractivity contribution >= 4 is 17.9 Å². The van der Waals surface area contributed by atoms with E-state index in [1.54, 1.807) is 25.7 Å². The van der Waals surface area contributed by atoms with E-state index in [1.165, 1.54) is 0 Å². The summed E-state index contributed by atoms with van der Waals surface area (Å²) < 4.78 is 5.38. The number of ether oxygens (including phenoxy) is 1. The van der Waals surface area contributed by atoms with Crippen LogP contribution in [-0.2, 0) is 27.3 Å². The van der Waals surface area contributed by atoms with Crippen molar-refractivity contribution in [3.05, 3.63) is 71.8 Å². The molecule has 2 atom stereocenters. The maximum absolute atomic E-state index is 13.5. The maximum atomic E-state index is 13.5. The summed E-state index contributed by atoms with van der Waals surface area (Å²) in [5, 5.41) is 5.67. The van der Waals surface area contributed by atoms with Gasteiger partial charge in [-0.3, -0.25) is 9.59 Å². The predicted molar refractivity (Wildman–Crippen MR) is 126 cm³/mol. The third-order valence-electron chi connectivity index (χ3n) is 5.42. The molecule has 0 spiro atoms. The summed E-state index contributed by atoms with van der Waals surface area (Å²) >= 11 is 0. The first-order valence-corrected chi connectivity index (χ1v) is 11.4. The number of carbonyl (C=O) groups excluding carboxylic acids is 3. The van der Waals surface area contributed by atoms with Crippen LogP contribution in [0.3, 0.4) is 0 Å². The minimum Gasteiger partial charge on any atom is -0.444 e. The van der Waals surface area contributed by atoms with E-state index < -0.39 is 23.8 Å². The van der Waals surface area contributed by atoms with E-state index in [4.69, 9.17) is 4.74 Å². The highest BCUT2D eigenvalue weighted by Crippen LogP contribution is 2.20. The lowest BCUT2D eigenvalue weighted by Crippen LogP contribution is -2.54. The van der Waals surface area contributed by atoms with Gasteiger partial charge < -0.3 is 20.3 Å². The number of hydrogen-bond donors (Lipinski definition) is 2. The quantitative estimate of drug-likeness (QED) is 0.675. The Labute approximate surface area is 195 Å². The highest BCUT2D eigenvalue weighted by Gasteiger charge is 2.38. The van der Waals surface area contributed by atoms with Crippen molar-refractivity contribution in [2.75, 3.05) is 6.54 Å². The van der Waals surface area contributed by atoms with Crippen LogP contribution in [0, 0.1) is 0 Å². The average molecular weight is 452 g/mol. The second kappa shape index (κ2) is 11.0. The molecule has 2 aromatic rings. The van der Waals surface area contributed by atoms with Crippen molar-refractivity contribution in [3.8, 4) is 0 Å². The minimum absolute atomic E-state index is 0.180. The number of carbonyl (C=O) groups is 3. The molecule has 7 nitrogen and oxygen atoms in total. The Bertz CT molecular complexity index is 941. The molecule has 0 bridgehead atoms. The van der Waals surface area contributed by atoms with Gasteiger partial charge in [-0.05, 0) is 44.7 Å². The Balaban J connectivity index is 1.70. The van der Waals surface area contributed by atoms with Crippen LogP contribution in [0.2, 0.25) is 0 Å². The van der Waals surface area contributed by atoms with Crippen molar-refractivity contribution in [3.63, 3.8) is 0 Å². The number of nitrogens with zero attached hydrogens (tertiary/aromatic N) is 1. The first-order chi connectivity index (χ1) is 15.7. The van der Waals surface area contributed by atoms with Crippen LogP contribution in [0.15, 0.2) is 60.7 Å². The van der Waals surface area contributed by atoms with Crippen LogP contribution < -0.4 is 10.6 Å². The number of likely N-dealkylation sites (tertiary alicyclic amines) is 1. The van der Waals surface area contributed by atoms with Gasteiger partial charge in [0.2, 0.25) is 11.8 Å². The number of benzene rings is 2. The molecule has 1 saturated heterocycles. The molecule has 0 saturated carbocycles. The fraction of sp³-hybridized carbons (Fsp3) is 0.423. The van der Waals surface area contributed by atoms with Crippen LogP contribution in [-0.4, -0.2) is 47.0 Å². The van der Waals surface area contributed by atoms with Gasteiger partial charge >= 0.3 is 6.09 Å². The summed E-state index contributed by atoms with van der Waals surface area (Å²) in [6.07, 6.45) is 0.991. The molecule has 0 radical (unpaired) electrons. The summed E-state index contributed by atoms with van der Waals surface area (Å²) in [6, 6.07) is 17.8. The lowest BCUT2D eigenvalue weighted by molar-refractivity contribution is -0.140. The van der Waals surface area contributed by atoms with Gasteiger partial charge in [-0.25, -0.2) is 4.79 Å². The van der Waals surface area contributed by atoms with Gasteiger partial charge in [-0.1, -0.05) is 60.7 Å². The molecular formula is C26H33N3O4. The first kappa shape index (κ1) is 24.3. The molecule has 1 heterocycles. The normalized spacial score (nSPS) is 16.7. The zero-order valence-electron chi connectivity index (χ0n) is 19.5. The van der Waals surface area contributed by atoms with Crippen LogP contribution in [0.1, 0.15) is 44.7 Å². The van der Waals surface area contributed by atoms with E-state index in [0.717, 1.165) is 17.5 Å². The Morgan fingerprint density at radius 2 is 1.61 bits per heavy atom. The lowest BCUT2D eigenvalue weighted by Gasteiger charge is -2.29. The molecule has 1 aliphatic rings. The predicted octanol–water partition coefficient (Wildman–Crippen LogP) is 3.43. The van der Waals surface area contributed by atoms with Crippen molar-refractivity contribution in [2.24, 2.45) is 0 Å². The molecule has 3 amide bonds.